The molecule has 5 heteroatoms. The SMILES string of the molecule is NC(=O)C(c1ccccc1)C1(C(F)(F)F)CC1. The maximum atomic E-state index is 13.0. The fourth-order valence-corrected chi connectivity index (χ4v) is 2.27. The van der Waals surface area contributed by atoms with Crippen LogP contribution >= 0.6 is 0 Å². The fourth-order valence-electron chi connectivity index (χ4n) is 2.27. The Balaban J connectivity index is 2.42. The molecule has 0 spiro atoms. The molecule has 0 radical (unpaired) electrons. The molecule has 1 saturated carbocycles. The summed E-state index contributed by atoms with van der Waals surface area (Å²) >= 11 is 0. The molecular formula is C12H12F3NO. The molecule has 0 heterocycles. The Labute approximate surface area is 96.6 Å². The average Bonchev–Trinajstić information content (AvgIpc) is 2.99. The zero-order chi connectivity index (χ0) is 12.7. The number of hydrogen-bond donors (Lipinski definition) is 1. The van der Waals surface area contributed by atoms with Gasteiger partial charge in [0.25, 0.3) is 0 Å². The molecule has 0 bridgehead atoms. The first kappa shape index (κ1) is 12.0. The number of primary amides is 1. The molecular weight excluding hydrogens is 231 g/mol. The van der Waals surface area contributed by atoms with Crippen molar-refractivity contribution in [3.8, 4) is 0 Å². The number of hydrogen-bond acceptors (Lipinski definition) is 1. The second kappa shape index (κ2) is 3.75. The van der Waals surface area contributed by atoms with Crippen LogP contribution in [0.15, 0.2) is 30.3 Å². The number of benzene rings is 1. The Morgan fingerprint density at radius 3 is 2.12 bits per heavy atom. The summed E-state index contributed by atoms with van der Waals surface area (Å²) in [5.41, 5.74) is 3.55. The molecule has 92 valence electrons. The topological polar surface area (TPSA) is 43.1 Å². The molecule has 0 aliphatic heterocycles. The highest BCUT2D eigenvalue weighted by atomic mass is 19.4. The predicted molar refractivity (Wildman–Crippen MR) is 56.1 cm³/mol. The van der Waals surface area contributed by atoms with E-state index in [0.29, 0.717) is 5.56 Å². The number of nitrogens with two attached hydrogens (primary N) is 1. The van der Waals surface area contributed by atoms with E-state index in [9.17, 15) is 18.0 Å². The smallest absolute Gasteiger partial charge is 0.369 e. The number of halogens is 3. The standard InChI is InChI=1S/C12H12F3NO/c13-12(14,15)11(6-7-11)9(10(16)17)8-4-2-1-3-5-8/h1-5,9H,6-7H2,(H2,16,17). The van der Waals surface area contributed by atoms with Crippen LogP contribution < -0.4 is 5.73 Å². The molecule has 17 heavy (non-hydrogen) atoms. The van der Waals surface area contributed by atoms with Crippen LogP contribution in [0, 0.1) is 5.41 Å². The van der Waals surface area contributed by atoms with Gasteiger partial charge in [-0.25, -0.2) is 0 Å². The highest BCUT2D eigenvalue weighted by molar-refractivity contribution is 5.83. The summed E-state index contributed by atoms with van der Waals surface area (Å²) in [6.07, 6.45) is -4.44. The van der Waals surface area contributed by atoms with Crippen LogP contribution in [0.25, 0.3) is 0 Å². The van der Waals surface area contributed by atoms with Gasteiger partial charge in [0, 0.05) is 0 Å². The molecule has 1 aliphatic carbocycles. The number of alkyl halides is 3. The Morgan fingerprint density at radius 2 is 1.76 bits per heavy atom. The Bertz CT molecular complexity index is 423. The average molecular weight is 243 g/mol. The molecule has 2 N–H and O–H groups in total. The number of carbonyl (C=O) groups excluding carboxylic acids is 1. The first-order valence-electron chi connectivity index (χ1n) is 5.29. The van der Waals surface area contributed by atoms with Crippen molar-refractivity contribution in [1.82, 2.24) is 0 Å². The van der Waals surface area contributed by atoms with E-state index in [-0.39, 0.29) is 12.8 Å². The Morgan fingerprint density at radius 1 is 1.24 bits per heavy atom. The van der Waals surface area contributed by atoms with E-state index in [1.165, 1.54) is 12.1 Å². The largest absolute Gasteiger partial charge is 0.395 e. The van der Waals surface area contributed by atoms with Crippen LogP contribution in [0.1, 0.15) is 24.3 Å². The van der Waals surface area contributed by atoms with Crippen molar-refractivity contribution in [2.24, 2.45) is 11.1 Å². The van der Waals surface area contributed by atoms with Crippen LogP contribution in [-0.4, -0.2) is 12.1 Å². The Hall–Kier alpha value is -1.52. The molecule has 1 aliphatic rings. The van der Waals surface area contributed by atoms with E-state index in [0.717, 1.165) is 0 Å². The summed E-state index contributed by atoms with van der Waals surface area (Å²) in [6.45, 7) is 0. The van der Waals surface area contributed by atoms with Crippen molar-refractivity contribution >= 4 is 5.91 Å². The zero-order valence-electron chi connectivity index (χ0n) is 9.00. The summed E-state index contributed by atoms with van der Waals surface area (Å²) in [6, 6.07) is 7.94. The minimum absolute atomic E-state index is 0.0288. The lowest BCUT2D eigenvalue weighted by atomic mass is 9.82. The molecule has 1 aromatic carbocycles. The van der Waals surface area contributed by atoms with E-state index >= 15 is 0 Å². The fraction of sp³-hybridized carbons (Fsp3) is 0.417. The Kier molecular flexibility index (Phi) is 2.64. The maximum Gasteiger partial charge on any atom is 0.395 e. The third-order valence-electron chi connectivity index (χ3n) is 3.32. The van der Waals surface area contributed by atoms with Crippen molar-refractivity contribution in [2.45, 2.75) is 24.9 Å². The van der Waals surface area contributed by atoms with Crippen LogP contribution in [0.4, 0.5) is 13.2 Å². The summed E-state index contributed by atoms with van der Waals surface area (Å²) in [4.78, 5) is 11.4. The second-order valence-electron chi connectivity index (χ2n) is 4.40. The van der Waals surface area contributed by atoms with Gasteiger partial charge < -0.3 is 5.73 Å². The molecule has 1 atom stereocenters. The van der Waals surface area contributed by atoms with Gasteiger partial charge in [0.1, 0.15) is 0 Å². The molecule has 1 amide bonds. The van der Waals surface area contributed by atoms with Crippen molar-refractivity contribution in [3.63, 3.8) is 0 Å². The summed E-state index contributed by atoms with van der Waals surface area (Å²) in [7, 11) is 0. The van der Waals surface area contributed by atoms with Crippen molar-refractivity contribution in [1.29, 1.82) is 0 Å². The highest BCUT2D eigenvalue weighted by Crippen LogP contribution is 2.65. The quantitative estimate of drug-likeness (QED) is 0.871. The van der Waals surface area contributed by atoms with Gasteiger partial charge >= 0.3 is 6.18 Å². The number of rotatable bonds is 3. The molecule has 1 aromatic rings. The lowest BCUT2D eigenvalue weighted by Gasteiger charge is -2.27. The second-order valence-corrected chi connectivity index (χ2v) is 4.40. The van der Waals surface area contributed by atoms with Gasteiger partial charge in [0.05, 0.1) is 11.3 Å². The van der Waals surface area contributed by atoms with Gasteiger partial charge in [0.15, 0.2) is 0 Å². The van der Waals surface area contributed by atoms with Gasteiger partial charge in [-0.3, -0.25) is 4.79 Å². The van der Waals surface area contributed by atoms with E-state index < -0.39 is 23.4 Å². The third-order valence-corrected chi connectivity index (χ3v) is 3.32. The minimum atomic E-state index is -4.39. The van der Waals surface area contributed by atoms with Crippen molar-refractivity contribution in [2.75, 3.05) is 0 Å². The molecule has 0 saturated heterocycles. The highest BCUT2D eigenvalue weighted by Gasteiger charge is 2.68. The lowest BCUT2D eigenvalue weighted by Crippen LogP contribution is -2.38. The summed E-state index contributed by atoms with van der Waals surface area (Å²) in [5.74, 6) is -2.19. The normalized spacial score (nSPS) is 19.7. The molecule has 1 fully saturated rings. The van der Waals surface area contributed by atoms with Gasteiger partial charge in [-0.2, -0.15) is 13.2 Å². The monoisotopic (exact) mass is 243 g/mol. The van der Waals surface area contributed by atoms with Crippen LogP contribution in [0.3, 0.4) is 0 Å². The van der Waals surface area contributed by atoms with Gasteiger partial charge in [-0.05, 0) is 18.4 Å². The molecule has 1 unspecified atom stereocenters. The van der Waals surface area contributed by atoms with E-state index in [1.807, 2.05) is 0 Å². The first-order valence-corrected chi connectivity index (χ1v) is 5.29. The third kappa shape index (κ3) is 1.90. The maximum absolute atomic E-state index is 13.0. The lowest BCUT2D eigenvalue weighted by molar-refractivity contribution is -0.195. The van der Waals surface area contributed by atoms with Gasteiger partial charge in [0.2, 0.25) is 5.91 Å². The predicted octanol–water partition coefficient (Wildman–Crippen LogP) is 2.60. The van der Waals surface area contributed by atoms with E-state index in [2.05, 4.69) is 0 Å². The molecule has 0 aromatic heterocycles. The molecule has 2 nitrogen and oxygen atoms in total. The zero-order valence-corrected chi connectivity index (χ0v) is 9.00. The van der Waals surface area contributed by atoms with Crippen LogP contribution in [-0.2, 0) is 4.79 Å². The van der Waals surface area contributed by atoms with Crippen molar-refractivity contribution in [3.05, 3.63) is 35.9 Å². The van der Waals surface area contributed by atoms with Crippen LogP contribution in [0.2, 0.25) is 0 Å². The minimum Gasteiger partial charge on any atom is -0.369 e. The van der Waals surface area contributed by atoms with E-state index in [4.69, 9.17) is 5.73 Å². The van der Waals surface area contributed by atoms with Gasteiger partial charge in [-0.15, -0.1) is 0 Å². The van der Waals surface area contributed by atoms with Crippen LogP contribution in [0.5, 0.6) is 0 Å². The van der Waals surface area contributed by atoms with E-state index in [1.54, 1.807) is 18.2 Å². The van der Waals surface area contributed by atoms with Crippen molar-refractivity contribution < 1.29 is 18.0 Å². The first-order chi connectivity index (χ1) is 7.88. The molecule has 2 rings (SSSR count). The van der Waals surface area contributed by atoms with Gasteiger partial charge in [-0.1, -0.05) is 30.3 Å². The summed E-state index contributed by atoms with van der Waals surface area (Å²) in [5, 5.41) is 0. The number of amides is 1. The number of carbonyl (C=O) groups is 1. The summed E-state index contributed by atoms with van der Waals surface area (Å²) < 4.78 is 39.0.